The van der Waals surface area contributed by atoms with Crippen LogP contribution in [0.15, 0.2) is 48.5 Å². The molecule has 0 saturated carbocycles. The molecule has 0 saturated heterocycles. The van der Waals surface area contributed by atoms with Gasteiger partial charge in [0, 0.05) is 6.42 Å². The Morgan fingerprint density at radius 3 is 2.04 bits per heavy atom. The molecule has 2 aliphatic heterocycles. The fraction of sp³-hybridized carbons (Fsp3) is 0.350. The Hall–Kier alpha value is -2.89. The molecule has 0 aromatic heterocycles. The zero-order chi connectivity index (χ0) is 17.8. The van der Waals surface area contributed by atoms with Crippen molar-refractivity contribution in [3.63, 3.8) is 0 Å². The summed E-state index contributed by atoms with van der Waals surface area (Å²) in [6, 6.07) is 15.1. The summed E-state index contributed by atoms with van der Waals surface area (Å²) in [6.45, 7) is 1.30. The van der Waals surface area contributed by atoms with Crippen LogP contribution in [0.1, 0.15) is 12.8 Å². The highest BCUT2D eigenvalue weighted by atomic mass is 16.6. The van der Waals surface area contributed by atoms with Gasteiger partial charge in [-0.1, -0.05) is 24.3 Å². The molecule has 0 unspecified atom stereocenters. The summed E-state index contributed by atoms with van der Waals surface area (Å²) in [5.41, 5.74) is 0. The molecular weight excluding hydrogens is 334 g/mol. The van der Waals surface area contributed by atoms with E-state index in [0.29, 0.717) is 38.3 Å². The summed E-state index contributed by atoms with van der Waals surface area (Å²) < 4.78 is 23.0. The zero-order valence-corrected chi connectivity index (χ0v) is 14.4. The molecule has 0 bridgehead atoms. The van der Waals surface area contributed by atoms with Crippen molar-refractivity contribution in [1.82, 2.24) is 5.32 Å². The molecule has 136 valence electrons. The lowest BCUT2D eigenvalue weighted by molar-refractivity contribution is -0.122. The summed E-state index contributed by atoms with van der Waals surface area (Å²) in [5.74, 6) is 2.91. The topological polar surface area (TPSA) is 66.0 Å². The molecule has 2 aromatic carbocycles. The number of amides is 1. The number of nitrogens with one attached hydrogen (secondary N) is 1. The van der Waals surface area contributed by atoms with Gasteiger partial charge in [-0.2, -0.15) is 0 Å². The van der Waals surface area contributed by atoms with Crippen LogP contribution >= 0.6 is 0 Å². The van der Waals surface area contributed by atoms with Gasteiger partial charge in [-0.05, 0) is 30.7 Å². The van der Waals surface area contributed by atoms with Gasteiger partial charge < -0.3 is 24.3 Å². The number of ether oxygens (including phenoxy) is 4. The van der Waals surface area contributed by atoms with E-state index in [-0.39, 0.29) is 18.1 Å². The van der Waals surface area contributed by atoms with E-state index in [4.69, 9.17) is 18.9 Å². The minimum Gasteiger partial charge on any atom is -0.486 e. The first-order chi connectivity index (χ1) is 12.8. The first-order valence-corrected chi connectivity index (χ1v) is 8.81. The number of rotatable bonds is 5. The minimum absolute atomic E-state index is 0.0325. The molecule has 6 heteroatoms. The maximum absolute atomic E-state index is 12.1. The van der Waals surface area contributed by atoms with Gasteiger partial charge in [0.15, 0.2) is 23.0 Å². The van der Waals surface area contributed by atoms with E-state index in [9.17, 15) is 4.79 Å². The van der Waals surface area contributed by atoms with Crippen molar-refractivity contribution in [2.45, 2.75) is 25.0 Å². The Labute approximate surface area is 152 Å². The summed E-state index contributed by atoms with van der Waals surface area (Å²) in [6.07, 6.45) is 0.678. The van der Waals surface area contributed by atoms with Gasteiger partial charge in [-0.3, -0.25) is 4.79 Å². The van der Waals surface area contributed by atoms with Crippen molar-refractivity contribution in [1.29, 1.82) is 0 Å². The molecule has 0 aliphatic carbocycles. The van der Waals surface area contributed by atoms with Crippen LogP contribution in [0.5, 0.6) is 23.0 Å². The van der Waals surface area contributed by atoms with Crippen LogP contribution in [-0.4, -0.2) is 37.9 Å². The van der Waals surface area contributed by atoms with E-state index in [2.05, 4.69) is 5.32 Å². The Balaban J connectivity index is 1.20. The third-order valence-electron chi connectivity index (χ3n) is 4.36. The van der Waals surface area contributed by atoms with Gasteiger partial charge in [0.2, 0.25) is 5.91 Å². The smallest absolute Gasteiger partial charge is 0.220 e. The molecule has 26 heavy (non-hydrogen) atoms. The highest BCUT2D eigenvalue weighted by Crippen LogP contribution is 2.32. The van der Waals surface area contributed by atoms with Crippen LogP contribution in [0.4, 0.5) is 0 Å². The highest BCUT2D eigenvalue weighted by molar-refractivity contribution is 5.75. The Morgan fingerprint density at radius 2 is 1.38 bits per heavy atom. The molecule has 4 rings (SSSR count). The largest absolute Gasteiger partial charge is 0.486 e. The van der Waals surface area contributed by atoms with Gasteiger partial charge in [-0.15, -0.1) is 0 Å². The Bertz CT molecular complexity index is 715. The molecule has 0 radical (unpaired) electrons. The number of carbonyl (C=O) groups is 1. The van der Waals surface area contributed by atoms with E-state index in [1.54, 1.807) is 0 Å². The monoisotopic (exact) mass is 355 g/mol. The van der Waals surface area contributed by atoms with Gasteiger partial charge in [0.05, 0.1) is 6.54 Å². The van der Waals surface area contributed by atoms with Crippen LogP contribution in [-0.2, 0) is 4.79 Å². The predicted octanol–water partition coefficient (Wildman–Crippen LogP) is 2.56. The fourth-order valence-corrected chi connectivity index (χ4v) is 2.98. The third-order valence-corrected chi connectivity index (χ3v) is 4.36. The quantitative estimate of drug-likeness (QED) is 0.893. The number of benzene rings is 2. The maximum atomic E-state index is 12.1. The van der Waals surface area contributed by atoms with Crippen molar-refractivity contribution < 1.29 is 23.7 Å². The van der Waals surface area contributed by atoms with E-state index in [1.807, 2.05) is 48.5 Å². The normalized spacial score (nSPS) is 20.3. The molecule has 0 fully saturated rings. The second-order valence-electron chi connectivity index (χ2n) is 6.34. The lowest BCUT2D eigenvalue weighted by Gasteiger charge is -2.27. The van der Waals surface area contributed by atoms with E-state index in [1.165, 1.54) is 0 Å². The van der Waals surface area contributed by atoms with Crippen LogP contribution in [0, 0.1) is 0 Å². The number of carbonyl (C=O) groups excluding carboxylic acids is 1. The summed E-state index contributed by atoms with van der Waals surface area (Å²) in [5, 5.41) is 2.90. The zero-order valence-electron chi connectivity index (χ0n) is 14.4. The number of hydrogen-bond donors (Lipinski definition) is 1. The van der Waals surface area contributed by atoms with Crippen molar-refractivity contribution in [3.05, 3.63) is 48.5 Å². The lowest BCUT2D eigenvalue weighted by atomic mass is 10.1. The summed E-state index contributed by atoms with van der Waals surface area (Å²) in [4.78, 5) is 12.1. The standard InChI is InChI=1S/C20H21NO5/c22-20(10-9-14-12-23-16-5-1-3-7-18(16)25-14)21-11-15-13-24-17-6-2-4-8-19(17)26-15/h1-8,14-15H,9-13H2,(H,21,22)/t14-,15+/m0/s1. The minimum atomic E-state index is -0.185. The first kappa shape index (κ1) is 16.6. The number of fused-ring (bicyclic) bond motifs is 2. The Morgan fingerprint density at radius 1 is 0.846 bits per heavy atom. The summed E-state index contributed by atoms with van der Waals surface area (Å²) >= 11 is 0. The third kappa shape index (κ3) is 3.85. The van der Waals surface area contributed by atoms with Crippen LogP contribution in [0.25, 0.3) is 0 Å². The molecular formula is C20H21NO5. The van der Waals surface area contributed by atoms with E-state index in [0.717, 1.165) is 17.2 Å². The average Bonchev–Trinajstić information content (AvgIpc) is 2.70. The summed E-state index contributed by atoms with van der Waals surface area (Å²) in [7, 11) is 0. The molecule has 0 spiro atoms. The van der Waals surface area contributed by atoms with Gasteiger partial charge in [0.25, 0.3) is 0 Å². The van der Waals surface area contributed by atoms with Gasteiger partial charge in [-0.25, -0.2) is 0 Å². The van der Waals surface area contributed by atoms with E-state index >= 15 is 0 Å². The molecule has 2 aliphatic rings. The number of para-hydroxylation sites is 4. The lowest BCUT2D eigenvalue weighted by Crippen LogP contribution is -2.41. The number of hydrogen-bond acceptors (Lipinski definition) is 5. The van der Waals surface area contributed by atoms with Crippen molar-refractivity contribution in [3.8, 4) is 23.0 Å². The maximum Gasteiger partial charge on any atom is 0.220 e. The molecule has 2 aromatic rings. The second-order valence-corrected chi connectivity index (χ2v) is 6.34. The molecule has 2 heterocycles. The molecule has 1 amide bonds. The van der Waals surface area contributed by atoms with Crippen molar-refractivity contribution >= 4 is 5.91 Å². The van der Waals surface area contributed by atoms with Crippen LogP contribution in [0.2, 0.25) is 0 Å². The molecule has 2 atom stereocenters. The molecule has 1 N–H and O–H groups in total. The van der Waals surface area contributed by atoms with Gasteiger partial charge >= 0.3 is 0 Å². The van der Waals surface area contributed by atoms with Crippen molar-refractivity contribution in [2.24, 2.45) is 0 Å². The van der Waals surface area contributed by atoms with Crippen molar-refractivity contribution in [2.75, 3.05) is 19.8 Å². The Kier molecular flexibility index (Phi) is 4.82. The predicted molar refractivity (Wildman–Crippen MR) is 94.9 cm³/mol. The van der Waals surface area contributed by atoms with Crippen LogP contribution < -0.4 is 24.3 Å². The average molecular weight is 355 g/mol. The highest BCUT2D eigenvalue weighted by Gasteiger charge is 2.23. The first-order valence-electron chi connectivity index (χ1n) is 8.81. The van der Waals surface area contributed by atoms with Gasteiger partial charge in [0.1, 0.15) is 25.4 Å². The SMILES string of the molecule is O=C(CC[C@H]1COc2ccccc2O1)NC[C@@H]1COc2ccccc2O1. The van der Waals surface area contributed by atoms with E-state index < -0.39 is 0 Å². The second kappa shape index (κ2) is 7.56. The fourth-order valence-electron chi connectivity index (χ4n) is 2.98. The van der Waals surface area contributed by atoms with Crippen LogP contribution in [0.3, 0.4) is 0 Å². The molecule has 6 nitrogen and oxygen atoms in total.